The SMILES string of the molecule is CCOc1cccc(/C(O)=C2/C(=O)C(=O)N(c3ccc(Cl)cc3)C2c2ccc(OC)c(OCC)c2)c1. The lowest BCUT2D eigenvalue weighted by Gasteiger charge is -2.26. The minimum absolute atomic E-state index is 0.0452. The van der Waals surface area contributed by atoms with Crippen LogP contribution in [-0.4, -0.2) is 37.1 Å². The molecular formula is C28H26ClNO6. The van der Waals surface area contributed by atoms with E-state index in [1.54, 1.807) is 66.7 Å². The maximum Gasteiger partial charge on any atom is 0.300 e. The maximum absolute atomic E-state index is 13.4. The summed E-state index contributed by atoms with van der Waals surface area (Å²) in [6.07, 6.45) is 0. The second kappa shape index (κ2) is 10.7. The van der Waals surface area contributed by atoms with Gasteiger partial charge in [-0.25, -0.2) is 0 Å². The molecule has 3 aromatic carbocycles. The van der Waals surface area contributed by atoms with E-state index in [2.05, 4.69) is 0 Å². The summed E-state index contributed by atoms with van der Waals surface area (Å²) >= 11 is 6.06. The minimum Gasteiger partial charge on any atom is -0.507 e. The van der Waals surface area contributed by atoms with Gasteiger partial charge in [0.1, 0.15) is 11.5 Å². The Morgan fingerprint density at radius 2 is 1.67 bits per heavy atom. The van der Waals surface area contributed by atoms with Crippen LogP contribution in [0.4, 0.5) is 5.69 Å². The number of hydrogen-bond donors (Lipinski definition) is 1. The second-order valence-corrected chi connectivity index (χ2v) is 8.39. The number of halogens is 1. The van der Waals surface area contributed by atoms with Gasteiger partial charge in [0.05, 0.1) is 31.9 Å². The van der Waals surface area contributed by atoms with Gasteiger partial charge in [0, 0.05) is 16.3 Å². The summed E-state index contributed by atoms with van der Waals surface area (Å²) in [7, 11) is 1.53. The number of carbonyl (C=O) groups is 2. The highest BCUT2D eigenvalue weighted by Crippen LogP contribution is 2.44. The van der Waals surface area contributed by atoms with Crippen molar-refractivity contribution in [1.82, 2.24) is 0 Å². The average molecular weight is 508 g/mol. The Hall–Kier alpha value is -3.97. The first-order valence-corrected chi connectivity index (χ1v) is 11.9. The molecule has 1 heterocycles. The first kappa shape index (κ1) is 25.1. The van der Waals surface area contributed by atoms with E-state index >= 15 is 0 Å². The van der Waals surface area contributed by atoms with Crippen LogP contribution in [0.2, 0.25) is 5.02 Å². The summed E-state index contributed by atoms with van der Waals surface area (Å²) in [5, 5.41) is 11.9. The van der Waals surface area contributed by atoms with Crippen molar-refractivity contribution in [2.45, 2.75) is 19.9 Å². The van der Waals surface area contributed by atoms with Gasteiger partial charge in [-0.05, 0) is 67.9 Å². The monoisotopic (exact) mass is 507 g/mol. The zero-order valence-corrected chi connectivity index (χ0v) is 20.9. The summed E-state index contributed by atoms with van der Waals surface area (Å²) < 4.78 is 16.7. The molecule has 8 heteroatoms. The number of methoxy groups -OCH3 is 1. The Kier molecular flexibility index (Phi) is 7.50. The summed E-state index contributed by atoms with van der Waals surface area (Å²) in [6.45, 7) is 4.53. The van der Waals surface area contributed by atoms with Crippen LogP contribution in [0.5, 0.6) is 17.2 Å². The third-order valence-corrected chi connectivity index (χ3v) is 6.02. The molecule has 1 fully saturated rings. The van der Waals surface area contributed by atoms with E-state index in [9.17, 15) is 14.7 Å². The smallest absolute Gasteiger partial charge is 0.300 e. The molecule has 186 valence electrons. The topological polar surface area (TPSA) is 85.3 Å². The Balaban J connectivity index is 1.94. The van der Waals surface area contributed by atoms with Crippen molar-refractivity contribution in [3.8, 4) is 17.2 Å². The van der Waals surface area contributed by atoms with Gasteiger partial charge in [-0.3, -0.25) is 14.5 Å². The first-order chi connectivity index (χ1) is 17.4. The van der Waals surface area contributed by atoms with Crippen LogP contribution in [0, 0.1) is 0 Å². The fourth-order valence-corrected chi connectivity index (χ4v) is 4.33. The second-order valence-electron chi connectivity index (χ2n) is 7.95. The number of benzene rings is 3. The molecule has 1 unspecified atom stereocenters. The number of aliphatic hydroxyl groups is 1. The predicted molar refractivity (Wildman–Crippen MR) is 138 cm³/mol. The molecule has 3 aromatic rings. The molecule has 36 heavy (non-hydrogen) atoms. The zero-order valence-electron chi connectivity index (χ0n) is 20.2. The molecule has 4 rings (SSSR count). The lowest BCUT2D eigenvalue weighted by molar-refractivity contribution is -0.132. The molecule has 0 radical (unpaired) electrons. The van der Waals surface area contributed by atoms with E-state index in [-0.39, 0.29) is 11.3 Å². The number of anilines is 1. The highest BCUT2D eigenvalue weighted by molar-refractivity contribution is 6.51. The summed E-state index contributed by atoms with van der Waals surface area (Å²) in [4.78, 5) is 28.1. The van der Waals surface area contributed by atoms with Crippen LogP contribution in [0.1, 0.15) is 31.0 Å². The van der Waals surface area contributed by atoms with Crippen molar-refractivity contribution < 1.29 is 28.9 Å². The van der Waals surface area contributed by atoms with Crippen LogP contribution < -0.4 is 19.1 Å². The van der Waals surface area contributed by atoms with Crippen LogP contribution in [-0.2, 0) is 9.59 Å². The van der Waals surface area contributed by atoms with Crippen LogP contribution in [0.3, 0.4) is 0 Å². The average Bonchev–Trinajstić information content (AvgIpc) is 3.15. The number of aliphatic hydroxyl groups excluding tert-OH is 1. The summed E-state index contributed by atoms with van der Waals surface area (Å²) in [5.41, 5.74) is 1.34. The number of ether oxygens (including phenoxy) is 3. The van der Waals surface area contributed by atoms with E-state index < -0.39 is 17.7 Å². The Bertz CT molecular complexity index is 1320. The number of amides is 1. The van der Waals surface area contributed by atoms with Crippen molar-refractivity contribution in [1.29, 1.82) is 0 Å². The van der Waals surface area contributed by atoms with Gasteiger partial charge in [0.25, 0.3) is 11.7 Å². The van der Waals surface area contributed by atoms with E-state index in [4.69, 9.17) is 25.8 Å². The third kappa shape index (κ3) is 4.75. The van der Waals surface area contributed by atoms with E-state index in [1.165, 1.54) is 12.0 Å². The zero-order chi connectivity index (χ0) is 25.8. The van der Waals surface area contributed by atoms with Gasteiger partial charge in [-0.2, -0.15) is 0 Å². The van der Waals surface area contributed by atoms with Gasteiger partial charge in [-0.1, -0.05) is 29.8 Å². The normalized spacial score (nSPS) is 16.8. The van der Waals surface area contributed by atoms with Gasteiger partial charge >= 0.3 is 0 Å². The van der Waals surface area contributed by atoms with Gasteiger partial charge in [0.2, 0.25) is 0 Å². The van der Waals surface area contributed by atoms with Crippen LogP contribution >= 0.6 is 11.6 Å². The number of hydrogen-bond acceptors (Lipinski definition) is 6. The maximum atomic E-state index is 13.4. The minimum atomic E-state index is -0.924. The molecule has 1 aliphatic rings. The lowest BCUT2D eigenvalue weighted by atomic mass is 9.94. The molecule has 1 saturated heterocycles. The Labute approximate surface area is 214 Å². The third-order valence-electron chi connectivity index (χ3n) is 5.77. The largest absolute Gasteiger partial charge is 0.507 e. The Morgan fingerprint density at radius 1 is 0.944 bits per heavy atom. The van der Waals surface area contributed by atoms with Gasteiger partial charge in [-0.15, -0.1) is 0 Å². The number of ketones is 1. The molecule has 0 spiro atoms. The molecule has 1 aliphatic heterocycles. The molecule has 7 nitrogen and oxygen atoms in total. The summed E-state index contributed by atoms with van der Waals surface area (Å²) in [6, 6.07) is 17.6. The highest BCUT2D eigenvalue weighted by atomic mass is 35.5. The van der Waals surface area contributed by atoms with Gasteiger partial charge in [0.15, 0.2) is 11.5 Å². The van der Waals surface area contributed by atoms with Crippen molar-refractivity contribution >= 4 is 34.7 Å². The molecule has 1 N–H and O–H groups in total. The molecular weight excluding hydrogens is 482 g/mol. The summed E-state index contributed by atoms with van der Waals surface area (Å²) in [5.74, 6) is -0.370. The van der Waals surface area contributed by atoms with Crippen LogP contribution in [0.25, 0.3) is 5.76 Å². The molecule has 0 aromatic heterocycles. The first-order valence-electron chi connectivity index (χ1n) is 11.5. The molecule has 1 amide bonds. The fourth-order valence-electron chi connectivity index (χ4n) is 4.20. The van der Waals surface area contributed by atoms with Crippen molar-refractivity contribution in [3.05, 3.63) is 88.5 Å². The number of nitrogens with zero attached hydrogens (tertiary/aromatic N) is 1. The predicted octanol–water partition coefficient (Wildman–Crippen LogP) is 5.77. The van der Waals surface area contributed by atoms with E-state index in [1.807, 2.05) is 13.8 Å². The van der Waals surface area contributed by atoms with E-state index in [0.717, 1.165) is 0 Å². The van der Waals surface area contributed by atoms with Crippen molar-refractivity contribution in [2.24, 2.45) is 0 Å². The number of Topliss-reactive ketones (excluding diaryl/α,β-unsaturated/α-hetero) is 1. The van der Waals surface area contributed by atoms with Crippen LogP contribution in [0.15, 0.2) is 72.3 Å². The number of rotatable bonds is 8. The van der Waals surface area contributed by atoms with Crippen molar-refractivity contribution in [3.63, 3.8) is 0 Å². The molecule has 0 bridgehead atoms. The molecule has 1 atom stereocenters. The van der Waals surface area contributed by atoms with Crippen molar-refractivity contribution in [2.75, 3.05) is 25.2 Å². The van der Waals surface area contributed by atoms with E-state index in [0.29, 0.717) is 52.3 Å². The Morgan fingerprint density at radius 3 is 2.33 bits per heavy atom. The number of carbonyl (C=O) groups excluding carboxylic acids is 2. The highest BCUT2D eigenvalue weighted by Gasteiger charge is 2.47. The lowest BCUT2D eigenvalue weighted by Crippen LogP contribution is -2.29. The quantitative estimate of drug-likeness (QED) is 0.236. The fraction of sp³-hybridized carbons (Fsp3) is 0.214. The standard InChI is InChI=1S/C28H26ClNO6/c1-4-35-21-8-6-7-18(15-21)26(31)24-25(17-9-14-22(34-3)23(16-17)36-5-2)30(28(33)27(24)32)20-12-10-19(29)11-13-20/h6-16,25,31H,4-5H2,1-3H3/b26-24-. The molecule has 0 saturated carbocycles. The van der Waals surface area contributed by atoms with Gasteiger partial charge < -0.3 is 19.3 Å². The molecule has 0 aliphatic carbocycles.